The van der Waals surface area contributed by atoms with Crippen LogP contribution in [0.4, 0.5) is 24.0 Å². The molecule has 0 radical (unpaired) electrons. The van der Waals surface area contributed by atoms with Crippen molar-refractivity contribution in [3.8, 4) is 5.75 Å². The van der Waals surface area contributed by atoms with Gasteiger partial charge in [0.25, 0.3) is 0 Å². The molecule has 0 aliphatic heterocycles. The number of alkyl halides is 3. The number of carbonyl (C=O) groups excluding carboxylic acids is 1. The van der Waals surface area contributed by atoms with Gasteiger partial charge in [-0.15, -0.1) is 11.3 Å². The molecule has 31 heavy (non-hydrogen) atoms. The maximum atomic E-state index is 12.8. The molecule has 6 nitrogen and oxygen atoms in total. The van der Waals surface area contributed by atoms with Gasteiger partial charge in [-0.3, -0.25) is 4.79 Å². The number of thiazole rings is 1. The zero-order chi connectivity index (χ0) is 22.4. The van der Waals surface area contributed by atoms with Crippen molar-refractivity contribution in [3.05, 3.63) is 68.2 Å². The van der Waals surface area contributed by atoms with Crippen molar-refractivity contribution < 1.29 is 22.7 Å². The van der Waals surface area contributed by atoms with Crippen LogP contribution in [0.5, 0.6) is 5.75 Å². The molecule has 0 aliphatic rings. The molecule has 0 saturated heterocycles. The molecule has 162 valence electrons. The van der Waals surface area contributed by atoms with Crippen molar-refractivity contribution in [1.82, 2.24) is 10.4 Å². The summed E-state index contributed by atoms with van der Waals surface area (Å²) in [6.45, 7) is 0. The van der Waals surface area contributed by atoms with Crippen LogP contribution < -0.4 is 15.5 Å². The third-order valence-electron chi connectivity index (χ3n) is 3.91. The van der Waals surface area contributed by atoms with Crippen LogP contribution in [0.3, 0.4) is 0 Å². The Hall–Kier alpha value is -2.67. The normalized spacial score (nSPS) is 11.5. The van der Waals surface area contributed by atoms with Crippen LogP contribution in [0.2, 0.25) is 0 Å². The van der Waals surface area contributed by atoms with E-state index in [4.69, 9.17) is 4.74 Å². The SMILES string of the molecule is COc1ccc(/C=N\NC(=O)Cc2csc(Nc3cccc(C(F)(F)F)c3)n2)cc1I. The minimum Gasteiger partial charge on any atom is -0.496 e. The van der Waals surface area contributed by atoms with Gasteiger partial charge in [-0.1, -0.05) is 6.07 Å². The van der Waals surface area contributed by atoms with E-state index in [1.165, 1.54) is 29.7 Å². The molecule has 3 rings (SSSR count). The summed E-state index contributed by atoms with van der Waals surface area (Å²) in [5.74, 6) is 0.384. The van der Waals surface area contributed by atoms with E-state index >= 15 is 0 Å². The molecule has 0 saturated carbocycles. The van der Waals surface area contributed by atoms with Crippen LogP contribution >= 0.6 is 33.9 Å². The van der Waals surface area contributed by atoms with Crippen LogP contribution in [0.25, 0.3) is 0 Å². The van der Waals surface area contributed by atoms with E-state index in [9.17, 15) is 18.0 Å². The number of carbonyl (C=O) groups is 1. The summed E-state index contributed by atoms with van der Waals surface area (Å²) in [6, 6.07) is 10.3. The highest BCUT2D eigenvalue weighted by atomic mass is 127. The highest BCUT2D eigenvalue weighted by Gasteiger charge is 2.30. The van der Waals surface area contributed by atoms with Gasteiger partial charge in [0.05, 0.1) is 34.6 Å². The first-order valence-corrected chi connectivity index (χ1v) is 10.7. The average molecular weight is 560 g/mol. The van der Waals surface area contributed by atoms with Gasteiger partial charge in [-0.05, 0) is 64.6 Å². The van der Waals surface area contributed by atoms with Gasteiger partial charge in [0.2, 0.25) is 5.91 Å². The van der Waals surface area contributed by atoms with E-state index in [0.29, 0.717) is 10.8 Å². The third kappa shape index (κ3) is 6.66. The maximum Gasteiger partial charge on any atom is 0.416 e. The zero-order valence-electron chi connectivity index (χ0n) is 16.0. The van der Waals surface area contributed by atoms with E-state index in [1.54, 1.807) is 18.6 Å². The van der Waals surface area contributed by atoms with E-state index < -0.39 is 11.7 Å². The summed E-state index contributed by atoms with van der Waals surface area (Å²) < 4.78 is 44.5. The molecule has 2 N–H and O–H groups in total. The lowest BCUT2D eigenvalue weighted by molar-refractivity contribution is -0.137. The van der Waals surface area contributed by atoms with Gasteiger partial charge in [0.1, 0.15) is 5.75 Å². The standard InChI is InChI=1S/C20H16F3IN4O2S/c1-30-17-6-5-12(7-16(17)24)10-25-28-18(29)9-15-11-31-19(27-15)26-14-4-2-3-13(8-14)20(21,22)23/h2-8,10-11H,9H2,1H3,(H,26,27)(H,28,29)/b25-10-. The summed E-state index contributed by atoms with van der Waals surface area (Å²) >= 11 is 3.33. The number of benzene rings is 2. The summed E-state index contributed by atoms with van der Waals surface area (Å²) in [5.41, 5.74) is 3.21. The van der Waals surface area contributed by atoms with E-state index in [0.717, 1.165) is 27.0 Å². The number of amides is 1. The van der Waals surface area contributed by atoms with Gasteiger partial charge < -0.3 is 10.1 Å². The van der Waals surface area contributed by atoms with Crippen LogP contribution in [0.15, 0.2) is 52.9 Å². The second-order valence-corrected chi connectivity index (χ2v) is 8.23. The number of ether oxygens (including phenoxy) is 1. The minimum atomic E-state index is -4.42. The van der Waals surface area contributed by atoms with Crippen molar-refractivity contribution in [3.63, 3.8) is 0 Å². The molecule has 0 fully saturated rings. The van der Waals surface area contributed by atoms with Crippen molar-refractivity contribution in [2.45, 2.75) is 12.6 Å². The molecular formula is C20H16F3IN4O2S. The molecule has 1 aromatic heterocycles. The second kappa shape index (κ2) is 10.1. The molecule has 0 bridgehead atoms. The summed E-state index contributed by atoms with van der Waals surface area (Å²) in [6.07, 6.45) is -2.92. The Bertz CT molecular complexity index is 1100. The van der Waals surface area contributed by atoms with Crippen molar-refractivity contribution in [1.29, 1.82) is 0 Å². The number of rotatable bonds is 7. The van der Waals surface area contributed by atoms with E-state index in [2.05, 4.69) is 43.4 Å². The number of hydrogen-bond acceptors (Lipinski definition) is 6. The third-order valence-corrected chi connectivity index (χ3v) is 5.56. The molecule has 1 heterocycles. The number of nitrogens with one attached hydrogen (secondary N) is 2. The molecule has 3 aromatic rings. The summed E-state index contributed by atoms with van der Waals surface area (Å²) in [4.78, 5) is 16.3. The fourth-order valence-electron chi connectivity index (χ4n) is 2.49. The molecule has 0 aliphatic carbocycles. The lowest BCUT2D eigenvalue weighted by Crippen LogP contribution is -2.19. The largest absolute Gasteiger partial charge is 0.496 e. The number of nitrogens with zero attached hydrogens (tertiary/aromatic N) is 2. The fourth-order valence-corrected chi connectivity index (χ4v) is 3.98. The monoisotopic (exact) mass is 560 g/mol. The maximum absolute atomic E-state index is 12.8. The predicted octanol–water partition coefficient (Wildman–Crippen LogP) is 5.21. The first-order valence-electron chi connectivity index (χ1n) is 8.79. The van der Waals surface area contributed by atoms with Crippen molar-refractivity contribution >= 4 is 56.9 Å². The molecule has 11 heteroatoms. The van der Waals surface area contributed by atoms with Gasteiger partial charge in [-0.25, -0.2) is 10.4 Å². The molecule has 0 unspecified atom stereocenters. The van der Waals surface area contributed by atoms with Crippen molar-refractivity contribution in [2.75, 3.05) is 12.4 Å². The highest BCUT2D eigenvalue weighted by Crippen LogP contribution is 2.31. The number of hydrazone groups is 1. The van der Waals surface area contributed by atoms with Crippen LogP contribution in [0, 0.1) is 3.57 Å². The summed E-state index contributed by atoms with van der Waals surface area (Å²) in [7, 11) is 1.59. The number of methoxy groups -OCH3 is 1. The lowest BCUT2D eigenvalue weighted by Gasteiger charge is -2.08. The predicted molar refractivity (Wildman–Crippen MR) is 122 cm³/mol. The lowest BCUT2D eigenvalue weighted by atomic mass is 10.2. The topological polar surface area (TPSA) is 75.6 Å². The Morgan fingerprint density at radius 1 is 1.29 bits per heavy atom. The van der Waals surface area contributed by atoms with Gasteiger partial charge in [-0.2, -0.15) is 18.3 Å². The zero-order valence-corrected chi connectivity index (χ0v) is 19.0. The Labute approximate surface area is 193 Å². The van der Waals surface area contributed by atoms with Gasteiger partial charge in [0.15, 0.2) is 5.13 Å². The minimum absolute atomic E-state index is 0.0156. The Balaban J connectivity index is 1.55. The Morgan fingerprint density at radius 2 is 2.10 bits per heavy atom. The first-order chi connectivity index (χ1) is 14.7. The van der Waals surface area contributed by atoms with Crippen molar-refractivity contribution in [2.24, 2.45) is 5.10 Å². The van der Waals surface area contributed by atoms with Crippen LogP contribution in [-0.2, 0) is 17.4 Å². The molecule has 0 atom stereocenters. The van der Waals surface area contributed by atoms with E-state index in [1.807, 2.05) is 12.1 Å². The van der Waals surface area contributed by atoms with Crippen LogP contribution in [0.1, 0.15) is 16.8 Å². The molecule has 0 spiro atoms. The Kier molecular flexibility index (Phi) is 7.49. The van der Waals surface area contributed by atoms with Gasteiger partial charge >= 0.3 is 6.18 Å². The molecule has 1 amide bonds. The second-order valence-electron chi connectivity index (χ2n) is 6.21. The van der Waals surface area contributed by atoms with Crippen LogP contribution in [-0.4, -0.2) is 24.2 Å². The number of aromatic nitrogens is 1. The number of hydrogen-bond donors (Lipinski definition) is 2. The summed E-state index contributed by atoms with van der Waals surface area (Å²) in [5, 5.41) is 8.80. The average Bonchev–Trinajstić information content (AvgIpc) is 3.14. The highest BCUT2D eigenvalue weighted by molar-refractivity contribution is 14.1. The number of anilines is 2. The number of halogens is 4. The molecule has 2 aromatic carbocycles. The smallest absolute Gasteiger partial charge is 0.416 e. The van der Waals surface area contributed by atoms with Gasteiger partial charge in [0, 0.05) is 11.1 Å². The first kappa shape index (κ1) is 23.0. The Morgan fingerprint density at radius 3 is 2.81 bits per heavy atom. The fraction of sp³-hybridized carbons (Fsp3) is 0.150. The van der Waals surface area contributed by atoms with E-state index in [-0.39, 0.29) is 18.0 Å². The quantitative estimate of drug-likeness (QED) is 0.237. The molecular weight excluding hydrogens is 544 g/mol.